The topological polar surface area (TPSA) is 43.4 Å². The van der Waals surface area contributed by atoms with Crippen molar-refractivity contribution in [2.24, 2.45) is 0 Å². The number of benzene rings is 3. The SMILES string of the molecule is CC(=O)c1ccccc1C(=O)c1ccc2c(c1)C(C)(C)c1ccccc1O2. The number of ketones is 2. The largest absolute Gasteiger partial charge is 0.457 e. The third kappa shape index (κ3) is 2.76. The summed E-state index contributed by atoms with van der Waals surface area (Å²) in [5.74, 6) is 1.33. The van der Waals surface area contributed by atoms with E-state index in [0.717, 1.165) is 22.6 Å². The minimum absolute atomic E-state index is 0.116. The highest BCUT2D eigenvalue weighted by molar-refractivity contribution is 6.15. The van der Waals surface area contributed by atoms with E-state index in [2.05, 4.69) is 19.9 Å². The predicted octanol–water partition coefficient (Wildman–Crippen LogP) is 5.55. The summed E-state index contributed by atoms with van der Waals surface area (Å²) in [6, 6.07) is 20.4. The molecule has 0 radical (unpaired) electrons. The molecular weight excluding hydrogens is 336 g/mol. The van der Waals surface area contributed by atoms with Crippen molar-refractivity contribution in [2.45, 2.75) is 26.2 Å². The summed E-state index contributed by atoms with van der Waals surface area (Å²) in [4.78, 5) is 25.0. The molecule has 0 saturated heterocycles. The number of carbonyl (C=O) groups excluding carboxylic acids is 2. The van der Waals surface area contributed by atoms with Crippen molar-refractivity contribution in [1.82, 2.24) is 0 Å². The van der Waals surface area contributed by atoms with Gasteiger partial charge in [-0.25, -0.2) is 0 Å². The lowest BCUT2D eigenvalue weighted by molar-refractivity contribution is 0.0990. The molecule has 4 rings (SSSR count). The molecule has 0 saturated carbocycles. The molecule has 1 aliphatic rings. The highest BCUT2D eigenvalue weighted by Crippen LogP contribution is 2.47. The molecule has 0 bridgehead atoms. The van der Waals surface area contributed by atoms with Crippen LogP contribution in [0.4, 0.5) is 0 Å². The first-order chi connectivity index (χ1) is 12.9. The fraction of sp³-hybridized carbons (Fsp3) is 0.167. The molecule has 3 aromatic rings. The molecule has 0 aliphatic carbocycles. The number of Topliss-reactive ketones (excluding diaryl/α,β-unsaturated/α-hetero) is 1. The Hall–Kier alpha value is -3.20. The summed E-state index contributed by atoms with van der Waals surface area (Å²) in [5.41, 5.74) is 3.19. The van der Waals surface area contributed by atoms with Gasteiger partial charge >= 0.3 is 0 Å². The number of fused-ring (bicyclic) bond motifs is 2. The summed E-state index contributed by atoms with van der Waals surface area (Å²) in [5, 5.41) is 0. The average molecular weight is 356 g/mol. The van der Waals surface area contributed by atoms with Crippen molar-refractivity contribution in [3.63, 3.8) is 0 Å². The highest BCUT2D eigenvalue weighted by atomic mass is 16.5. The Morgan fingerprint density at radius 1 is 0.778 bits per heavy atom. The van der Waals surface area contributed by atoms with Crippen LogP contribution in [0.2, 0.25) is 0 Å². The zero-order chi connectivity index (χ0) is 19.2. The predicted molar refractivity (Wildman–Crippen MR) is 105 cm³/mol. The Bertz CT molecular complexity index is 1080. The van der Waals surface area contributed by atoms with Crippen molar-refractivity contribution in [3.8, 4) is 11.5 Å². The van der Waals surface area contributed by atoms with Crippen LogP contribution in [0.3, 0.4) is 0 Å². The van der Waals surface area contributed by atoms with Crippen molar-refractivity contribution in [2.75, 3.05) is 0 Å². The quantitative estimate of drug-likeness (QED) is 0.578. The van der Waals surface area contributed by atoms with Gasteiger partial charge in [0.2, 0.25) is 0 Å². The van der Waals surface area contributed by atoms with Crippen molar-refractivity contribution < 1.29 is 14.3 Å². The maximum absolute atomic E-state index is 13.1. The second-order valence-electron chi connectivity index (χ2n) is 7.37. The maximum Gasteiger partial charge on any atom is 0.193 e. The summed E-state index contributed by atoms with van der Waals surface area (Å²) >= 11 is 0. The summed E-state index contributed by atoms with van der Waals surface area (Å²) in [6.07, 6.45) is 0. The van der Waals surface area contributed by atoms with Crippen LogP contribution in [-0.2, 0) is 5.41 Å². The Morgan fingerprint density at radius 3 is 2.15 bits per heavy atom. The van der Waals surface area contributed by atoms with Crippen LogP contribution in [-0.4, -0.2) is 11.6 Å². The third-order valence-corrected chi connectivity index (χ3v) is 5.25. The molecule has 3 heteroatoms. The van der Waals surface area contributed by atoms with E-state index >= 15 is 0 Å². The molecule has 0 spiro atoms. The first-order valence-corrected chi connectivity index (χ1v) is 8.96. The maximum atomic E-state index is 13.1. The van der Waals surface area contributed by atoms with Gasteiger partial charge in [0, 0.05) is 33.2 Å². The van der Waals surface area contributed by atoms with Gasteiger partial charge in [-0.05, 0) is 31.2 Å². The monoisotopic (exact) mass is 356 g/mol. The molecular formula is C24H20O3. The van der Waals surface area contributed by atoms with E-state index in [0.29, 0.717) is 16.7 Å². The molecule has 0 aromatic heterocycles. The van der Waals surface area contributed by atoms with E-state index < -0.39 is 0 Å². The molecule has 1 heterocycles. The van der Waals surface area contributed by atoms with Gasteiger partial charge in [-0.1, -0.05) is 56.3 Å². The molecule has 1 aliphatic heterocycles. The second-order valence-corrected chi connectivity index (χ2v) is 7.37. The van der Waals surface area contributed by atoms with Gasteiger partial charge in [0.15, 0.2) is 11.6 Å². The van der Waals surface area contributed by atoms with Gasteiger partial charge in [-0.15, -0.1) is 0 Å². The first-order valence-electron chi connectivity index (χ1n) is 8.96. The van der Waals surface area contributed by atoms with Crippen molar-refractivity contribution in [3.05, 3.63) is 94.5 Å². The van der Waals surface area contributed by atoms with E-state index in [9.17, 15) is 9.59 Å². The third-order valence-electron chi connectivity index (χ3n) is 5.25. The van der Waals surface area contributed by atoms with Gasteiger partial charge < -0.3 is 4.74 Å². The number of ether oxygens (including phenoxy) is 1. The van der Waals surface area contributed by atoms with Gasteiger partial charge in [0.1, 0.15) is 11.5 Å². The Morgan fingerprint density at radius 2 is 1.41 bits per heavy atom. The number of hydrogen-bond acceptors (Lipinski definition) is 3. The van der Waals surface area contributed by atoms with Crippen LogP contribution < -0.4 is 4.74 Å². The van der Waals surface area contributed by atoms with Crippen LogP contribution in [0.25, 0.3) is 0 Å². The minimum atomic E-state index is -0.291. The van der Waals surface area contributed by atoms with E-state index in [4.69, 9.17) is 4.74 Å². The fourth-order valence-electron chi connectivity index (χ4n) is 3.73. The number of para-hydroxylation sites is 1. The van der Waals surface area contributed by atoms with Crippen molar-refractivity contribution >= 4 is 11.6 Å². The standard InChI is InChI=1S/C24H20O3/c1-15(25)17-8-4-5-9-18(17)23(26)16-12-13-22-20(14-16)24(2,3)19-10-6-7-11-21(19)27-22/h4-14H,1-3H3. The van der Waals surface area contributed by atoms with E-state index in [1.54, 1.807) is 30.3 Å². The lowest BCUT2D eigenvalue weighted by atomic mass is 9.75. The Kier molecular flexibility index (Phi) is 3.96. The number of rotatable bonds is 3. The van der Waals surface area contributed by atoms with Gasteiger partial charge in [0.05, 0.1) is 0 Å². The van der Waals surface area contributed by atoms with Crippen LogP contribution >= 0.6 is 0 Å². The molecule has 0 N–H and O–H groups in total. The van der Waals surface area contributed by atoms with Gasteiger partial charge in [0.25, 0.3) is 0 Å². The van der Waals surface area contributed by atoms with Crippen LogP contribution in [0.1, 0.15) is 58.2 Å². The van der Waals surface area contributed by atoms with Gasteiger partial charge in [-0.2, -0.15) is 0 Å². The summed E-state index contributed by atoms with van der Waals surface area (Å²) < 4.78 is 6.05. The molecule has 0 unspecified atom stereocenters. The molecule has 3 nitrogen and oxygen atoms in total. The van der Waals surface area contributed by atoms with Crippen LogP contribution in [0, 0.1) is 0 Å². The molecule has 27 heavy (non-hydrogen) atoms. The van der Waals surface area contributed by atoms with Crippen molar-refractivity contribution in [1.29, 1.82) is 0 Å². The summed E-state index contributed by atoms with van der Waals surface area (Å²) in [6.45, 7) is 5.74. The zero-order valence-corrected chi connectivity index (χ0v) is 15.6. The lowest BCUT2D eigenvalue weighted by Gasteiger charge is -2.34. The van der Waals surface area contributed by atoms with Gasteiger partial charge in [-0.3, -0.25) is 9.59 Å². The number of hydrogen-bond donors (Lipinski definition) is 0. The highest BCUT2D eigenvalue weighted by Gasteiger charge is 2.34. The average Bonchev–Trinajstić information content (AvgIpc) is 2.67. The normalized spacial score (nSPS) is 13.9. The molecule has 0 atom stereocenters. The fourth-order valence-corrected chi connectivity index (χ4v) is 3.73. The summed E-state index contributed by atoms with van der Waals surface area (Å²) in [7, 11) is 0. The molecule has 3 aromatic carbocycles. The molecule has 0 amide bonds. The number of carbonyl (C=O) groups is 2. The first kappa shape index (κ1) is 17.2. The van der Waals surface area contributed by atoms with E-state index in [1.807, 2.05) is 30.3 Å². The van der Waals surface area contributed by atoms with Crippen LogP contribution in [0.5, 0.6) is 11.5 Å². The second kappa shape index (κ2) is 6.20. The molecule has 134 valence electrons. The van der Waals surface area contributed by atoms with E-state index in [-0.39, 0.29) is 17.0 Å². The smallest absolute Gasteiger partial charge is 0.193 e. The Balaban J connectivity index is 1.82. The molecule has 0 fully saturated rings. The minimum Gasteiger partial charge on any atom is -0.457 e. The van der Waals surface area contributed by atoms with Crippen LogP contribution in [0.15, 0.2) is 66.7 Å². The Labute approximate surface area is 158 Å². The van der Waals surface area contributed by atoms with E-state index in [1.165, 1.54) is 6.92 Å². The zero-order valence-electron chi connectivity index (χ0n) is 15.6. The lowest BCUT2D eigenvalue weighted by Crippen LogP contribution is -2.24.